The highest BCUT2D eigenvalue weighted by atomic mass is 15.0. The van der Waals surface area contributed by atoms with Crippen LogP contribution in [0, 0.1) is 17.8 Å². The fourth-order valence-corrected chi connectivity index (χ4v) is 3.80. The highest BCUT2D eigenvalue weighted by molar-refractivity contribution is 5.08. The molecule has 1 aliphatic carbocycles. The van der Waals surface area contributed by atoms with E-state index < -0.39 is 0 Å². The van der Waals surface area contributed by atoms with Crippen LogP contribution in [0.2, 0.25) is 0 Å². The van der Waals surface area contributed by atoms with Crippen molar-refractivity contribution in [3.63, 3.8) is 0 Å². The molecule has 0 bridgehead atoms. The number of rotatable bonds is 3. The molecule has 1 heterocycles. The summed E-state index contributed by atoms with van der Waals surface area (Å²) in [4.78, 5) is 7.49. The second-order valence-electron chi connectivity index (χ2n) is 7.47. The van der Waals surface area contributed by atoms with E-state index in [0.29, 0.717) is 16.9 Å². The van der Waals surface area contributed by atoms with Crippen molar-refractivity contribution in [2.24, 2.45) is 10.8 Å². The summed E-state index contributed by atoms with van der Waals surface area (Å²) >= 11 is 0. The molecule has 102 valence electrons. The predicted molar refractivity (Wildman–Crippen MR) is 75.4 cm³/mol. The van der Waals surface area contributed by atoms with Crippen molar-refractivity contribution in [3.8, 4) is 0 Å². The molecule has 0 saturated heterocycles. The first kappa shape index (κ1) is 13.6. The van der Waals surface area contributed by atoms with Gasteiger partial charge in [0.1, 0.15) is 0 Å². The molecule has 18 heavy (non-hydrogen) atoms. The van der Waals surface area contributed by atoms with Crippen LogP contribution in [0.15, 0.2) is 6.33 Å². The summed E-state index contributed by atoms with van der Waals surface area (Å²) in [6.45, 7) is 12.5. The highest BCUT2D eigenvalue weighted by Crippen LogP contribution is 2.45. The van der Waals surface area contributed by atoms with Crippen LogP contribution < -0.4 is 5.32 Å². The van der Waals surface area contributed by atoms with Crippen LogP contribution in [0.25, 0.3) is 0 Å². The van der Waals surface area contributed by atoms with Gasteiger partial charge in [0.05, 0.1) is 12.0 Å². The Hall–Kier alpha value is -0.830. The van der Waals surface area contributed by atoms with Gasteiger partial charge in [-0.25, -0.2) is 4.98 Å². The Bertz CT molecular complexity index is 388. The molecule has 1 fully saturated rings. The topological polar surface area (TPSA) is 40.7 Å². The Morgan fingerprint density at radius 2 is 1.89 bits per heavy atom. The minimum Gasteiger partial charge on any atom is -0.348 e. The Morgan fingerprint density at radius 3 is 2.39 bits per heavy atom. The number of nitrogens with one attached hydrogen (secondary N) is 2. The Kier molecular flexibility index (Phi) is 3.54. The monoisotopic (exact) mass is 249 g/mol. The van der Waals surface area contributed by atoms with Crippen molar-refractivity contribution in [1.29, 1.82) is 0 Å². The fraction of sp³-hybridized carbons (Fsp3) is 0.800. The molecule has 0 radical (unpaired) electrons. The minimum atomic E-state index is 0.444. The van der Waals surface area contributed by atoms with E-state index in [2.05, 4.69) is 49.9 Å². The third-order valence-corrected chi connectivity index (χ3v) is 4.05. The lowest BCUT2D eigenvalue weighted by atomic mass is 9.63. The van der Waals surface area contributed by atoms with Gasteiger partial charge in [0, 0.05) is 18.3 Å². The molecule has 0 spiro atoms. The van der Waals surface area contributed by atoms with Gasteiger partial charge in [-0.05, 0) is 37.0 Å². The van der Waals surface area contributed by atoms with Gasteiger partial charge < -0.3 is 10.3 Å². The first-order chi connectivity index (χ1) is 8.27. The Balaban J connectivity index is 1.95. The summed E-state index contributed by atoms with van der Waals surface area (Å²) in [7, 11) is 0. The summed E-state index contributed by atoms with van der Waals surface area (Å²) in [5.74, 6) is 0. The van der Waals surface area contributed by atoms with E-state index in [1.807, 2.05) is 0 Å². The van der Waals surface area contributed by atoms with E-state index in [9.17, 15) is 0 Å². The van der Waals surface area contributed by atoms with Crippen LogP contribution >= 0.6 is 0 Å². The van der Waals surface area contributed by atoms with Crippen molar-refractivity contribution in [3.05, 3.63) is 17.7 Å². The largest absolute Gasteiger partial charge is 0.348 e. The quantitative estimate of drug-likeness (QED) is 0.862. The maximum Gasteiger partial charge on any atom is 0.0925 e. The number of H-pyrrole nitrogens is 1. The molecule has 0 aliphatic heterocycles. The van der Waals surface area contributed by atoms with Crippen molar-refractivity contribution >= 4 is 0 Å². The molecular formula is C15H27N3. The molecule has 1 aliphatic rings. The van der Waals surface area contributed by atoms with Gasteiger partial charge in [0.25, 0.3) is 0 Å². The van der Waals surface area contributed by atoms with Gasteiger partial charge in [-0.15, -0.1) is 0 Å². The fourth-order valence-electron chi connectivity index (χ4n) is 3.80. The SMILES string of the molecule is Cc1[nH]cnc1CNC1CC(C)(C)CC(C)(C)C1. The van der Waals surface area contributed by atoms with Crippen LogP contribution in [0.1, 0.15) is 58.3 Å². The van der Waals surface area contributed by atoms with E-state index in [4.69, 9.17) is 0 Å². The van der Waals surface area contributed by atoms with E-state index in [1.165, 1.54) is 25.0 Å². The van der Waals surface area contributed by atoms with Crippen molar-refractivity contribution in [2.45, 2.75) is 66.5 Å². The zero-order chi connectivity index (χ0) is 13.4. The summed E-state index contributed by atoms with van der Waals surface area (Å²) in [6.07, 6.45) is 5.63. The maximum atomic E-state index is 4.35. The number of aromatic nitrogens is 2. The molecule has 2 N–H and O–H groups in total. The number of hydrogen-bond donors (Lipinski definition) is 2. The van der Waals surface area contributed by atoms with Crippen LogP contribution in [0.5, 0.6) is 0 Å². The molecule has 0 atom stereocenters. The summed E-state index contributed by atoms with van der Waals surface area (Å²) < 4.78 is 0. The summed E-state index contributed by atoms with van der Waals surface area (Å²) in [5, 5.41) is 3.69. The molecular weight excluding hydrogens is 222 g/mol. The Morgan fingerprint density at radius 1 is 1.28 bits per heavy atom. The molecule has 1 saturated carbocycles. The zero-order valence-electron chi connectivity index (χ0n) is 12.4. The molecule has 0 amide bonds. The van der Waals surface area contributed by atoms with E-state index in [-0.39, 0.29) is 0 Å². The number of nitrogens with zero attached hydrogens (tertiary/aromatic N) is 1. The smallest absolute Gasteiger partial charge is 0.0925 e. The van der Waals surface area contributed by atoms with Gasteiger partial charge >= 0.3 is 0 Å². The lowest BCUT2D eigenvalue weighted by Crippen LogP contribution is -2.43. The average Bonchev–Trinajstić information content (AvgIpc) is 2.56. The third kappa shape index (κ3) is 3.35. The predicted octanol–water partition coefficient (Wildman–Crippen LogP) is 3.41. The average molecular weight is 249 g/mol. The van der Waals surface area contributed by atoms with Gasteiger partial charge in [-0.3, -0.25) is 0 Å². The molecule has 3 nitrogen and oxygen atoms in total. The maximum absolute atomic E-state index is 4.35. The first-order valence-corrected chi connectivity index (χ1v) is 7.00. The Labute approximate surface area is 111 Å². The highest BCUT2D eigenvalue weighted by Gasteiger charge is 2.38. The van der Waals surface area contributed by atoms with Gasteiger partial charge in [-0.2, -0.15) is 0 Å². The second-order valence-corrected chi connectivity index (χ2v) is 7.47. The van der Waals surface area contributed by atoms with Crippen LogP contribution in [-0.2, 0) is 6.54 Å². The van der Waals surface area contributed by atoms with Crippen molar-refractivity contribution < 1.29 is 0 Å². The molecule has 2 rings (SSSR count). The van der Waals surface area contributed by atoms with Gasteiger partial charge in [0.2, 0.25) is 0 Å². The van der Waals surface area contributed by atoms with E-state index >= 15 is 0 Å². The van der Waals surface area contributed by atoms with Gasteiger partial charge in [0.15, 0.2) is 0 Å². The molecule has 1 aromatic rings. The summed E-state index contributed by atoms with van der Waals surface area (Å²) in [6, 6.07) is 0.611. The minimum absolute atomic E-state index is 0.444. The normalized spacial score (nSPS) is 23.2. The standard InChI is InChI=1S/C15H27N3/c1-11-13(18-10-17-11)8-16-12-6-14(2,3)9-15(4,5)7-12/h10,12,16H,6-9H2,1-5H3,(H,17,18). The lowest BCUT2D eigenvalue weighted by molar-refractivity contribution is 0.0843. The van der Waals surface area contributed by atoms with E-state index in [1.54, 1.807) is 6.33 Å². The molecule has 0 aromatic carbocycles. The molecule has 1 aromatic heterocycles. The molecule has 0 unspecified atom stereocenters. The van der Waals surface area contributed by atoms with Crippen molar-refractivity contribution in [2.75, 3.05) is 0 Å². The third-order valence-electron chi connectivity index (χ3n) is 4.05. The number of aryl methyl sites for hydroxylation is 1. The van der Waals surface area contributed by atoms with E-state index in [0.717, 1.165) is 12.2 Å². The number of imidazole rings is 1. The van der Waals surface area contributed by atoms with Gasteiger partial charge in [-0.1, -0.05) is 27.7 Å². The van der Waals surface area contributed by atoms with Crippen LogP contribution in [0.3, 0.4) is 0 Å². The molecule has 3 heteroatoms. The van der Waals surface area contributed by atoms with Crippen LogP contribution in [0.4, 0.5) is 0 Å². The zero-order valence-corrected chi connectivity index (χ0v) is 12.4. The second kappa shape index (κ2) is 4.69. The van der Waals surface area contributed by atoms with Crippen molar-refractivity contribution in [1.82, 2.24) is 15.3 Å². The lowest BCUT2D eigenvalue weighted by Gasteiger charge is -2.45. The number of aromatic amines is 1. The first-order valence-electron chi connectivity index (χ1n) is 7.00. The number of hydrogen-bond acceptors (Lipinski definition) is 2. The van der Waals surface area contributed by atoms with Crippen LogP contribution in [-0.4, -0.2) is 16.0 Å². The summed E-state index contributed by atoms with van der Waals surface area (Å²) in [5.41, 5.74) is 3.22.